The lowest BCUT2D eigenvalue weighted by atomic mass is 9.92. The molecule has 0 spiro atoms. The maximum atomic E-state index is 12.7. The Morgan fingerprint density at radius 2 is 2.21 bits per heavy atom. The highest BCUT2D eigenvalue weighted by atomic mass is 16.5. The van der Waals surface area contributed by atoms with Gasteiger partial charge in [-0.15, -0.1) is 6.58 Å². The molecule has 0 saturated carbocycles. The topological polar surface area (TPSA) is 64.8 Å². The molecule has 6 nitrogen and oxygen atoms in total. The summed E-state index contributed by atoms with van der Waals surface area (Å²) in [5, 5.41) is 0. The molecular weight excluding hydrogens is 428 g/mol. The number of rotatable bonds is 12. The molecule has 6 heteroatoms. The highest BCUT2D eigenvalue weighted by molar-refractivity contribution is 5.78. The van der Waals surface area contributed by atoms with Crippen LogP contribution in [-0.2, 0) is 22.4 Å². The number of oxazole rings is 1. The number of methoxy groups -OCH3 is 1. The number of benzene rings is 1. The molecule has 0 amide bonds. The van der Waals surface area contributed by atoms with Crippen LogP contribution in [0.25, 0.3) is 6.08 Å². The molecule has 0 fully saturated rings. The van der Waals surface area contributed by atoms with Gasteiger partial charge in [-0.2, -0.15) is 0 Å². The van der Waals surface area contributed by atoms with Crippen LogP contribution in [0, 0.1) is 12.8 Å². The highest BCUT2D eigenvalue weighted by Gasteiger charge is 2.33. The number of aryl methyl sites for hydroxylation is 1. The fourth-order valence-corrected chi connectivity index (χ4v) is 4.26. The van der Waals surface area contributed by atoms with Gasteiger partial charge in [-0.25, -0.2) is 9.78 Å². The van der Waals surface area contributed by atoms with Crippen LogP contribution in [0.4, 0.5) is 0 Å². The van der Waals surface area contributed by atoms with E-state index in [0.717, 1.165) is 61.5 Å². The minimum atomic E-state index is -0.403. The lowest BCUT2D eigenvalue weighted by molar-refractivity contribution is -0.147. The van der Waals surface area contributed by atoms with Crippen molar-refractivity contribution in [2.24, 2.45) is 5.92 Å². The van der Waals surface area contributed by atoms with Gasteiger partial charge in [0.25, 0.3) is 0 Å². The van der Waals surface area contributed by atoms with Crippen molar-refractivity contribution in [2.45, 2.75) is 58.9 Å². The minimum Gasteiger partial charge on any atom is -0.493 e. The molecule has 184 valence electrons. The van der Waals surface area contributed by atoms with Gasteiger partial charge >= 0.3 is 5.97 Å². The van der Waals surface area contributed by atoms with E-state index in [4.69, 9.17) is 13.9 Å². The fourth-order valence-electron chi connectivity index (χ4n) is 4.26. The summed E-state index contributed by atoms with van der Waals surface area (Å²) in [6, 6.07) is 5.64. The number of carbonyl (C=O) groups excluding carboxylic acids is 1. The second-order valence-electron chi connectivity index (χ2n) is 9.19. The van der Waals surface area contributed by atoms with Gasteiger partial charge in [0.05, 0.1) is 19.4 Å². The van der Waals surface area contributed by atoms with Crippen molar-refractivity contribution in [3.63, 3.8) is 0 Å². The van der Waals surface area contributed by atoms with Crippen LogP contribution in [0.2, 0.25) is 0 Å². The van der Waals surface area contributed by atoms with Crippen molar-refractivity contribution < 1.29 is 18.7 Å². The number of allylic oxidation sites excluding steroid dienone is 2. The lowest BCUT2D eigenvalue weighted by Gasteiger charge is -2.35. The number of aromatic nitrogens is 1. The van der Waals surface area contributed by atoms with E-state index >= 15 is 0 Å². The molecule has 0 radical (unpaired) electrons. The van der Waals surface area contributed by atoms with Crippen LogP contribution in [-0.4, -0.2) is 42.7 Å². The summed E-state index contributed by atoms with van der Waals surface area (Å²) in [5.74, 6) is 2.58. The van der Waals surface area contributed by atoms with Crippen LogP contribution >= 0.6 is 0 Å². The quantitative estimate of drug-likeness (QED) is 0.227. The first-order chi connectivity index (χ1) is 16.4. The maximum Gasteiger partial charge on any atom is 0.327 e. The number of unbranched alkanes of at least 4 members (excludes halogenated alkanes) is 1. The van der Waals surface area contributed by atoms with Crippen molar-refractivity contribution >= 4 is 12.0 Å². The van der Waals surface area contributed by atoms with Gasteiger partial charge in [-0.1, -0.05) is 32.1 Å². The molecule has 1 atom stereocenters. The van der Waals surface area contributed by atoms with Gasteiger partial charge in [-0.3, -0.25) is 4.90 Å². The lowest BCUT2D eigenvalue weighted by Crippen LogP contribution is -2.40. The molecule has 34 heavy (non-hydrogen) atoms. The van der Waals surface area contributed by atoms with Crippen molar-refractivity contribution in [1.29, 1.82) is 0 Å². The monoisotopic (exact) mass is 466 g/mol. The Morgan fingerprint density at radius 1 is 1.38 bits per heavy atom. The van der Waals surface area contributed by atoms with E-state index < -0.39 is 6.04 Å². The van der Waals surface area contributed by atoms with Crippen LogP contribution in [0.5, 0.6) is 5.75 Å². The zero-order valence-corrected chi connectivity index (χ0v) is 21.0. The number of hydrogen-bond acceptors (Lipinski definition) is 6. The van der Waals surface area contributed by atoms with Crippen molar-refractivity contribution in [1.82, 2.24) is 9.88 Å². The zero-order valence-electron chi connectivity index (χ0n) is 21.0. The summed E-state index contributed by atoms with van der Waals surface area (Å²) in [4.78, 5) is 19.5. The second-order valence-corrected chi connectivity index (χ2v) is 9.19. The van der Waals surface area contributed by atoms with Crippen LogP contribution in [0.1, 0.15) is 67.6 Å². The van der Waals surface area contributed by atoms with Crippen molar-refractivity contribution in [3.8, 4) is 5.75 Å². The first kappa shape index (κ1) is 25.8. The van der Waals surface area contributed by atoms with Crippen LogP contribution in [0.15, 0.2) is 41.3 Å². The molecule has 1 aromatic carbocycles. The summed E-state index contributed by atoms with van der Waals surface area (Å²) in [7, 11) is 1.45. The fraction of sp³-hybridized carbons (Fsp3) is 0.500. The summed E-state index contributed by atoms with van der Waals surface area (Å²) >= 11 is 0. The van der Waals surface area contributed by atoms with E-state index in [1.807, 2.05) is 31.2 Å². The predicted octanol–water partition coefficient (Wildman–Crippen LogP) is 5.70. The van der Waals surface area contributed by atoms with E-state index in [-0.39, 0.29) is 5.97 Å². The Labute approximate surface area is 203 Å². The Bertz CT molecular complexity index is 992. The number of fused-ring (bicyclic) bond motifs is 1. The van der Waals surface area contributed by atoms with Crippen molar-refractivity contribution in [3.05, 3.63) is 65.4 Å². The van der Waals surface area contributed by atoms with E-state index in [1.165, 1.54) is 12.7 Å². The third kappa shape index (κ3) is 6.83. The molecule has 0 saturated heterocycles. The third-order valence-corrected chi connectivity index (χ3v) is 6.11. The summed E-state index contributed by atoms with van der Waals surface area (Å²) in [6.45, 7) is 12.2. The molecular formula is C28H38N2O4. The number of carbonyl (C=O) groups is 1. The molecule has 1 aliphatic rings. The standard InChI is InChI=1S/C28H38N2O4/c1-6-7-8-16-30-17-14-22-12-13-23(19-24(22)27(30)28(31)32-5)33-18-15-25-21(4)34-26(29-25)11-9-10-20(2)3/h6,9,11-13,19-20,27H,1,7-8,10,14-18H2,2-5H3/b11-9+. The Kier molecular flexibility index (Phi) is 9.52. The molecule has 0 bridgehead atoms. The number of esters is 1. The van der Waals surface area contributed by atoms with Gasteiger partial charge in [0.1, 0.15) is 17.6 Å². The van der Waals surface area contributed by atoms with Crippen molar-refractivity contribution in [2.75, 3.05) is 26.8 Å². The highest BCUT2D eigenvalue weighted by Crippen LogP contribution is 2.33. The van der Waals surface area contributed by atoms with Gasteiger partial charge in [0, 0.05) is 13.0 Å². The first-order valence-corrected chi connectivity index (χ1v) is 12.2. The second kappa shape index (κ2) is 12.6. The molecule has 1 aliphatic heterocycles. The Morgan fingerprint density at radius 3 is 2.94 bits per heavy atom. The maximum absolute atomic E-state index is 12.7. The largest absolute Gasteiger partial charge is 0.493 e. The van der Waals surface area contributed by atoms with Crippen LogP contribution < -0.4 is 4.74 Å². The smallest absolute Gasteiger partial charge is 0.327 e. The molecule has 2 heterocycles. The van der Waals surface area contributed by atoms with E-state index in [0.29, 0.717) is 24.8 Å². The molecule has 1 unspecified atom stereocenters. The Balaban J connectivity index is 1.66. The van der Waals surface area contributed by atoms with Crippen LogP contribution in [0.3, 0.4) is 0 Å². The molecule has 0 aliphatic carbocycles. The van der Waals surface area contributed by atoms with E-state index in [1.54, 1.807) is 0 Å². The third-order valence-electron chi connectivity index (χ3n) is 6.11. The molecule has 1 aromatic heterocycles. The average molecular weight is 467 g/mol. The number of nitrogens with zero attached hydrogens (tertiary/aromatic N) is 2. The predicted molar refractivity (Wildman–Crippen MR) is 135 cm³/mol. The van der Waals surface area contributed by atoms with Gasteiger partial charge in [0.15, 0.2) is 0 Å². The Hall–Kier alpha value is -2.86. The zero-order chi connectivity index (χ0) is 24.5. The van der Waals surface area contributed by atoms with E-state index in [2.05, 4.69) is 42.5 Å². The molecule has 3 rings (SSSR count). The first-order valence-electron chi connectivity index (χ1n) is 12.2. The average Bonchev–Trinajstić information content (AvgIpc) is 3.17. The number of hydrogen-bond donors (Lipinski definition) is 0. The van der Waals surface area contributed by atoms with Gasteiger partial charge < -0.3 is 13.9 Å². The summed E-state index contributed by atoms with van der Waals surface area (Å²) < 4.78 is 17.0. The SMILES string of the molecule is C=CCCCN1CCc2ccc(OCCc3nc(/C=C/CC(C)C)oc3C)cc2C1C(=O)OC. The van der Waals surface area contributed by atoms with E-state index in [9.17, 15) is 4.79 Å². The minimum absolute atomic E-state index is 0.229. The molecule has 0 N–H and O–H groups in total. The van der Waals surface area contributed by atoms with Gasteiger partial charge in [0.2, 0.25) is 5.89 Å². The summed E-state index contributed by atoms with van der Waals surface area (Å²) in [5.41, 5.74) is 3.06. The van der Waals surface area contributed by atoms with Gasteiger partial charge in [-0.05, 0) is 74.4 Å². The normalized spacial score (nSPS) is 16.1. The number of ether oxygens (including phenoxy) is 2. The summed E-state index contributed by atoms with van der Waals surface area (Å²) in [6.07, 6.45) is 10.4. The molecule has 2 aromatic rings.